The van der Waals surface area contributed by atoms with Crippen molar-refractivity contribution < 1.29 is 9.13 Å². The molecule has 1 atom stereocenters. The molecule has 0 radical (unpaired) electrons. The molecular formula is C15H20FN3O. The lowest BCUT2D eigenvalue weighted by Gasteiger charge is -2.14. The molecule has 1 saturated carbocycles. The van der Waals surface area contributed by atoms with Crippen molar-refractivity contribution in [3.8, 4) is 0 Å². The second-order valence-corrected chi connectivity index (χ2v) is 5.45. The summed E-state index contributed by atoms with van der Waals surface area (Å²) in [6.45, 7) is 0.700. The zero-order chi connectivity index (χ0) is 14.1. The first kappa shape index (κ1) is 13.5. The first-order valence-corrected chi connectivity index (χ1v) is 7.12. The van der Waals surface area contributed by atoms with E-state index in [0.717, 1.165) is 37.0 Å². The summed E-state index contributed by atoms with van der Waals surface area (Å²) in [5, 5.41) is 0. The van der Waals surface area contributed by atoms with Gasteiger partial charge in [-0.25, -0.2) is 9.37 Å². The van der Waals surface area contributed by atoms with Crippen LogP contribution in [0.25, 0.3) is 11.0 Å². The maximum Gasteiger partial charge on any atom is 0.127 e. The standard InChI is InChI=1S/C15H20FN3O/c1-20-8-2-3-12(17)15-18-13-9-10(16)4-7-14(13)19(15)11-5-6-11/h4,7,9,11-12H,2-3,5-6,8,17H2,1H3. The number of rotatable bonds is 6. The highest BCUT2D eigenvalue weighted by Gasteiger charge is 2.30. The van der Waals surface area contributed by atoms with Gasteiger partial charge in [0.05, 0.1) is 17.1 Å². The first-order chi connectivity index (χ1) is 9.70. The van der Waals surface area contributed by atoms with Crippen LogP contribution in [0.4, 0.5) is 4.39 Å². The van der Waals surface area contributed by atoms with Gasteiger partial charge < -0.3 is 15.0 Å². The molecule has 3 rings (SSSR count). The topological polar surface area (TPSA) is 53.1 Å². The molecular weight excluding hydrogens is 257 g/mol. The fraction of sp³-hybridized carbons (Fsp3) is 0.533. The van der Waals surface area contributed by atoms with Crippen molar-refractivity contribution in [1.82, 2.24) is 9.55 Å². The van der Waals surface area contributed by atoms with Crippen molar-refractivity contribution in [3.05, 3.63) is 29.8 Å². The molecule has 2 aromatic rings. The Hall–Kier alpha value is -1.46. The van der Waals surface area contributed by atoms with Crippen molar-refractivity contribution in [2.45, 2.75) is 37.8 Å². The third-order valence-corrected chi connectivity index (χ3v) is 3.79. The fourth-order valence-corrected chi connectivity index (χ4v) is 2.65. The molecule has 4 nitrogen and oxygen atoms in total. The van der Waals surface area contributed by atoms with E-state index in [1.807, 2.05) is 0 Å². The Morgan fingerprint density at radius 3 is 3.00 bits per heavy atom. The first-order valence-electron chi connectivity index (χ1n) is 7.12. The van der Waals surface area contributed by atoms with Gasteiger partial charge in [-0.15, -0.1) is 0 Å². The van der Waals surface area contributed by atoms with Gasteiger partial charge in [0, 0.05) is 25.8 Å². The molecule has 20 heavy (non-hydrogen) atoms. The normalized spacial score (nSPS) is 16.8. The number of hydrogen-bond acceptors (Lipinski definition) is 3. The van der Waals surface area contributed by atoms with Gasteiger partial charge in [-0.1, -0.05) is 0 Å². The van der Waals surface area contributed by atoms with Gasteiger partial charge in [0.1, 0.15) is 11.6 Å². The van der Waals surface area contributed by atoms with Crippen LogP contribution in [0, 0.1) is 5.82 Å². The summed E-state index contributed by atoms with van der Waals surface area (Å²) in [7, 11) is 1.69. The van der Waals surface area contributed by atoms with E-state index < -0.39 is 0 Å². The molecule has 1 unspecified atom stereocenters. The van der Waals surface area contributed by atoms with Crippen LogP contribution in [0.5, 0.6) is 0 Å². The highest BCUT2D eigenvalue weighted by atomic mass is 19.1. The van der Waals surface area contributed by atoms with E-state index in [2.05, 4.69) is 9.55 Å². The van der Waals surface area contributed by atoms with Crippen LogP contribution >= 0.6 is 0 Å². The van der Waals surface area contributed by atoms with Crippen molar-refractivity contribution in [1.29, 1.82) is 0 Å². The summed E-state index contributed by atoms with van der Waals surface area (Å²) < 4.78 is 20.6. The Bertz CT molecular complexity index is 606. The number of benzene rings is 1. The quantitative estimate of drug-likeness (QED) is 0.826. The van der Waals surface area contributed by atoms with Gasteiger partial charge in [0.2, 0.25) is 0 Å². The number of fused-ring (bicyclic) bond motifs is 1. The number of imidazole rings is 1. The Balaban J connectivity index is 1.94. The molecule has 1 aliphatic rings. The Morgan fingerprint density at radius 2 is 2.30 bits per heavy atom. The molecule has 108 valence electrons. The van der Waals surface area contributed by atoms with Crippen molar-refractivity contribution in [3.63, 3.8) is 0 Å². The number of aromatic nitrogens is 2. The maximum absolute atomic E-state index is 13.3. The number of nitrogens with zero attached hydrogens (tertiary/aromatic N) is 2. The van der Waals surface area contributed by atoms with E-state index in [1.165, 1.54) is 12.1 Å². The molecule has 0 saturated heterocycles. The molecule has 1 aromatic carbocycles. The summed E-state index contributed by atoms with van der Waals surface area (Å²) in [5.41, 5.74) is 7.97. The van der Waals surface area contributed by atoms with Crippen LogP contribution in [0.3, 0.4) is 0 Å². The average molecular weight is 277 g/mol. The second kappa shape index (κ2) is 5.50. The maximum atomic E-state index is 13.3. The monoisotopic (exact) mass is 277 g/mol. The number of nitrogens with two attached hydrogens (primary N) is 1. The van der Waals surface area contributed by atoms with E-state index >= 15 is 0 Å². The molecule has 0 spiro atoms. The Morgan fingerprint density at radius 1 is 1.50 bits per heavy atom. The predicted octanol–water partition coefficient (Wildman–Crippen LogP) is 2.94. The zero-order valence-electron chi connectivity index (χ0n) is 11.7. The largest absolute Gasteiger partial charge is 0.385 e. The van der Waals surface area contributed by atoms with E-state index in [0.29, 0.717) is 18.2 Å². The second-order valence-electron chi connectivity index (χ2n) is 5.45. The number of halogens is 1. The van der Waals surface area contributed by atoms with E-state index in [9.17, 15) is 4.39 Å². The number of methoxy groups -OCH3 is 1. The number of ether oxygens (including phenoxy) is 1. The molecule has 1 fully saturated rings. The van der Waals surface area contributed by atoms with Crippen LogP contribution < -0.4 is 5.73 Å². The third kappa shape index (κ3) is 2.55. The van der Waals surface area contributed by atoms with Crippen LogP contribution in [0.2, 0.25) is 0 Å². The van der Waals surface area contributed by atoms with E-state index in [4.69, 9.17) is 10.5 Å². The SMILES string of the molecule is COCCCC(N)c1nc2cc(F)ccc2n1C1CC1. The Kier molecular flexibility index (Phi) is 3.72. The molecule has 0 bridgehead atoms. The van der Waals surface area contributed by atoms with Gasteiger partial charge in [0.25, 0.3) is 0 Å². The predicted molar refractivity (Wildman–Crippen MR) is 76.0 cm³/mol. The molecule has 0 aliphatic heterocycles. The highest BCUT2D eigenvalue weighted by Crippen LogP contribution is 2.40. The fourth-order valence-electron chi connectivity index (χ4n) is 2.65. The summed E-state index contributed by atoms with van der Waals surface area (Å²) in [6, 6.07) is 5.14. The highest BCUT2D eigenvalue weighted by molar-refractivity contribution is 5.76. The van der Waals surface area contributed by atoms with Crippen LogP contribution in [0.15, 0.2) is 18.2 Å². The lowest BCUT2D eigenvalue weighted by Crippen LogP contribution is -2.17. The summed E-state index contributed by atoms with van der Waals surface area (Å²) in [6.07, 6.45) is 4.04. The van der Waals surface area contributed by atoms with Crippen molar-refractivity contribution in [2.75, 3.05) is 13.7 Å². The minimum Gasteiger partial charge on any atom is -0.385 e. The lowest BCUT2D eigenvalue weighted by molar-refractivity contribution is 0.190. The Labute approximate surface area is 117 Å². The van der Waals surface area contributed by atoms with Crippen molar-refractivity contribution in [2.24, 2.45) is 5.73 Å². The van der Waals surface area contributed by atoms with E-state index in [1.54, 1.807) is 13.2 Å². The van der Waals surface area contributed by atoms with E-state index in [-0.39, 0.29) is 11.9 Å². The minimum atomic E-state index is -0.252. The number of hydrogen-bond donors (Lipinski definition) is 1. The van der Waals surface area contributed by atoms with Crippen molar-refractivity contribution >= 4 is 11.0 Å². The van der Waals surface area contributed by atoms with Gasteiger partial charge in [-0.05, 0) is 37.8 Å². The molecule has 2 N–H and O–H groups in total. The molecule has 5 heteroatoms. The smallest absolute Gasteiger partial charge is 0.127 e. The molecule has 1 aliphatic carbocycles. The average Bonchev–Trinajstić information content (AvgIpc) is 3.19. The summed E-state index contributed by atoms with van der Waals surface area (Å²) >= 11 is 0. The van der Waals surface area contributed by atoms with Crippen LogP contribution in [0.1, 0.15) is 43.6 Å². The molecule has 1 aromatic heterocycles. The lowest BCUT2D eigenvalue weighted by atomic mass is 10.1. The van der Waals surface area contributed by atoms with Gasteiger partial charge in [-0.2, -0.15) is 0 Å². The third-order valence-electron chi connectivity index (χ3n) is 3.79. The van der Waals surface area contributed by atoms with Gasteiger partial charge >= 0.3 is 0 Å². The van der Waals surface area contributed by atoms with Crippen LogP contribution in [-0.2, 0) is 4.74 Å². The molecule has 0 amide bonds. The summed E-state index contributed by atoms with van der Waals surface area (Å²) in [4.78, 5) is 4.57. The van der Waals surface area contributed by atoms with Crippen LogP contribution in [-0.4, -0.2) is 23.3 Å². The summed E-state index contributed by atoms with van der Waals surface area (Å²) in [5.74, 6) is 0.627. The van der Waals surface area contributed by atoms with Gasteiger partial charge in [-0.3, -0.25) is 0 Å². The minimum absolute atomic E-state index is 0.124. The molecule has 1 heterocycles. The van der Waals surface area contributed by atoms with Gasteiger partial charge in [0.15, 0.2) is 0 Å². The zero-order valence-corrected chi connectivity index (χ0v) is 11.7.